The van der Waals surface area contributed by atoms with Crippen molar-refractivity contribution in [1.82, 2.24) is 15.3 Å². The molecular weight excluding hydrogens is 298 g/mol. The van der Waals surface area contributed by atoms with E-state index in [1.54, 1.807) is 6.20 Å². The lowest BCUT2D eigenvalue weighted by molar-refractivity contribution is 0.0593. The van der Waals surface area contributed by atoms with Gasteiger partial charge in [0.25, 0.3) is 0 Å². The van der Waals surface area contributed by atoms with Crippen molar-refractivity contribution in [3.63, 3.8) is 0 Å². The maximum atomic E-state index is 11.2. The van der Waals surface area contributed by atoms with E-state index in [4.69, 9.17) is 4.43 Å². The van der Waals surface area contributed by atoms with E-state index in [0.29, 0.717) is 13.2 Å². The number of rotatable bonds is 7. The third kappa shape index (κ3) is 5.47. The number of hydrogen-bond acceptors (Lipinski definition) is 6. The van der Waals surface area contributed by atoms with Gasteiger partial charge in [-0.3, -0.25) is 4.98 Å². The van der Waals surface area contributed by atoms with Crippen LogP contribution in [0.25, 0.3) is 0 Å². The van der Waals surface area contributed by atoms with E-state index >= 15 is 0 Å². The molecule has 0 aliphatic rings. The van der Waals surface area contributed by atoms with Crippen molar-refractivity contribution in [2.45, 2.75) is 45.4 Å². The SMILES string of the molecule is COC(=O)c1cnc(CNCCO[Si](C)(C)C(C)(C)C)cn1. The van der Waals surface area contributed by atoms with Crippen LogP contribution in [0.4, 0.5) is 0 Å². The van der Waals surface area contributed by atoms with Gasteiger partial charge in [-0.2, -0.15) is 0 Å². The van der Waals surface area contributed by atoms with E-state index in [-0.39, 0.29) is 10.7 Å². The molecule has 0 spiro atoms. The average molecular weight is 325 g/mol. The molecule has 0 bridgehead atoms. The van der Waals surface area contributed by atoms with Gasteiger partial charge in [0.2, 0.25) is 0 Å². The van der Waals surface area contributed by atoms with Gasteiger partial charge in [0.05, 0.1) is 25.2 Å². The Morgan fingerprint density at radius 1 is 1.27 bits per heavy atom. The minimum absolute atomic E-state index is 0.215. The fraction of sp³-hybridized carbons (Fsp3) is 0.667. The molecule has 1 aromatic rings. The van der Waals surface area contributed by atoms with Crippen molar-refractivity contribution in [2.24, 2.45) is 0 Å². The minimum atomic E-state index is -1.68. The second-order valence-electron chi connectivity index (χ2n) is 6.67. The van der Waals surface area contributed by atoms with Gasteiger partial charge in [-0.05, 0) is 18.1 Å². The Balaban J connectivity index is 2.32. The second-order valence-corrected chi connectivity index (χ2v) is 11.5. The van der Waals surface area contributed by atoms with Crippen LogP contribution in [0.2, 0.25) is 18.1 Å². The van der Waals surface area contributed by atoms with Gasteiger partial charge in [0.15, 0.2) is 14.0 Å². The van der Waals surface area contributed by atoms with Crippen LogP contribution in [-0.4, -0.2) is 44.5 Å². The molecule has 1 aromatic heterocycles. The standard InChI is InChI=1S/C15H27N3O3Si/c1-15(2,3)22(5,6)21-8-7-16-9-12-10-18-13(11-17-12)14(19)20-4/h10-11,16H,7-9H2,1-6H3. The highest BCUT2D eigenvalue weighted by atomic mass is 28.4. The molecule has 0 aromatic carbocycles. The smallest absolute Gasteiger partial charge is 0.358 e. The van der Waals surface area contributed by atoms with E-state index in [1.807, 2.05) is 0 Å². The molecule has 0 atom stereocenters. The summed E-state index contributed by atoms with van der Waals surface area (Å²) in [6, 6.07) is 0. The van der Waals surface area contributed by atoms with Crippen molar-refractivity contribution in [3.8, 4) is 0 Å². The van der Waals surface area contributed by atoms with Crippen LogP contribution in [0, 0.1) is 0 Å². The summed E-state index contributed by atoms with van der Waals surface area (Å²) in [6.07, 6.45) is 3.00. The number of nitrogens with zero attached hydrogens (tertiary/aromatic N) is 2. The predicted molar refractivity (Wildman–Crippen MR) is 88.2 cm³/mol. The molecule has 0 aliphatic heterocycles. The third-order valence-corrected chi connectivity index (χ3v) is 8.49. The summed E-state index contributed by atoms with van der Waals surface area (Å²) in [4.78, 5) is 19.4. The van der Waals surface area contributed by atoms with Gasteiger partial charge in [-0.1, -0.05) is 20.8 Å². The highest BCUT2D eigenvalue weighted by Gasteiger charge is 2.36. The second kappa shape index (κ2) is 7.80. The van der Waals surface area contributed by atoms with Crippen molar-refractivity contribution in [3.05, 3.63) is 23.8 Å². The summed E-state index contributed by atoms with van der Waals surface area (Å²) in [6.45, 7) is 13.2. The first kappa shape index (κ1) is 18.7. The van der Waals surface area contributed by atoms with Crippen LogP contribution in [0.5, 0.6) is 0 Å². The van der Waals surface area contributed by atoms with Crippen LogP contribution < -0.4 is 5.32 Å². The molecule has 1 N–H and O–H groups in total. The van der Waals surface area contributed by atoms with E-state index in [0.717, 1.165) is 12.2 Å². The quantitative estimate of drug-likeness (QED) is 0.471. The first-order chi connectivity index (χ1) is 10.2. The molecular formula is C15H27N3O3Si. The van der Waals surface area contributed by atoms with Gasteiger partial charge >= 0.3 is 5.97 Å². The lowest BCUT2D eigenvalue weighted by Crippen LogP contribution is -2.42. The molecule has 0 aliphatic carbocycles. The van der Waals surface area contributed by atoms with Crippen molar-refractivity contribution < 1.29 is 14.0 Å². The van der Waals surface area contributed by atoms with Gasteiger partial charge in [0.1, 0.15) is 0 Å². The summed E-state index contributed by atoms with van der Waals surface area (Å²) in [7, 11) is -0.357. The predicted octanol–water partition coefficient (Wildman–Crippen LogP) is 2.37. The molecule has 6 nitrogen and oxygen atoms in total. The Labute approximate surface area is 133 Å². The highest BCUT2D eigenvalue weighted by molar-refractivity contribution is 6.74. The largest absolute Gasteiger partial charge is 0.464 e. The maximum absolute atomic E-state index is 11.2. The van der Waals surface area contributed by atoms with Crippen LogP contribution in [0.3, 0.4) is 0 Å². The molecule has 0 saturated carbocycles. The maximum Gasteiger partial charge on any atom is 0.358 e. The summed E-state index contributed by atoms with van der Waals surface area (Å²) < 4.78 is 10.7. The van der Waals surface area contributed by atoms with Gasteiger partial charge in [-0.25, -0.2) is 9.78 Å². The van der Waals surface area contributed by atoms with Gasteiger partial charge in [-0.15, -0.1) is 0 Å². The van der Waals surface area contributed by atoms with Crippen LogP contribution in [0.1, 0.15) is 37.0 Å². The zero-order valence-corrected chi connectivity index (χ0v) is 15.4. The monoisotopic (exact) mass is 325 g/mol. The molecule has 1 heterocycles. The first-order valence-electron chi connectivity index (χ1n) is 7.41. The lowest BCUT2D eigenvalue weighted by Gasteiger charge is -2.36. The number of ether oxygens (including phenoxy) is 1. The zero-order valence-electron chi connectivity index (χ0n) is 14.4. The molecule has 0 unspecified atom stereocenters. The number of hydrogen-bond donors (Lipinski definition) is 1. The summed E-state index contributed by atoms with van der Waals surface area (Å²) in [5.74, 6) is -0.477. The number of carbonyl (C=O) groups excluding carboxylic acids is 1. The molecule has 22 heavy (non-hydrogen) atoms. The summed E-state index contributed by atoms with van der Waals surface area (Å²) in [5, 5.41) is 3.49. The Morgan fingerprint density at radius 2 is 1.95 bits per heavy atom. The molecule has 0 amide bonds. The van der Waals surface area contributed by atoms with Gasteiger partial charge < -0.3 is 14.5 Å². The Kier molecular flexibility index (Phi) is 6.64. The van der Waals surface area contributed by atoms with E-state index in [9.17, 15) is 4.79 Å². The highest BCUT2D eigenvalue weighted by Crippen LogP contribution is 2.36. The number of methoxy groups -OCH3 is 1. The average Bonchev–Trinajstić information content (AvgIpc) is 2.45. The van der Waals surface area contributed by atoms with Crippen molar-refractivity contribution in [2.75, 3.05) is 20.3 Å². The summed E-state index contributed by atoms with van der Waals surface area (Å²) in [5.41, 5.74) is 0.993. The third-order valence-electron chi connectivity index (χ3n) is 3.95. The molecule has 7 heteroatoms. The van der Waals surface area contributed by atoms with Crippen LogP contribution in [0.15, 0.2) is 12.4 Å². The molecule has 0 saturated heterocycles. The normalized spacial score (nSPS) is 12.3. The number of aromatic nitrogens is 2. The number of nitrogens with one attached hydrogen (secondary N) is 1. The molecule has 1 rings (SSSR count). The molecule has 0 fully saturated rings. The summed E-state index contributed by atoms with van der Waals surface area (Å²) >= 11 is 0. The van der Waals surface area contributed by atoms with E-state index < -0.39 is 14.3 Å². The van der Waals surface area contributed by atoms with Crippen LogP contribution >= 0.6 is 0 Å². The topological polar surface area (TPSA) is 73.3 Å². The molecule has 124 valence electrons. The fourth-order valence-electron chi connectivity index (χ4n) is 1.47. The minimum Gasteiger partial charge on any atom is -0.464 e. The van der Waals surface area contributed by atoms with E-state index in [1.165, 1.54) is 13.3 Å². The fourth-order valence-corrected chi connectivity index (χ4v) is 2.51. The Hall–Kier alpha value is -1.31. The van der Waals surface area contributed by atoms with Crippen molar-refractivity contribution in [1.29, 1.82) is 0 Å². The molecule has 0 radical (unpaired) electrons. The zero-order chi connectivity index (χ0) is 16.8. The number of esters is 1. The Bertz CT molecular complexity index is 484. The van der Waals surface area contributed by atoms with Crippen molar-refractivity contribution >= 4 is 14.3 Å². The first-order valence-corrected chi connectivity index (χ1v) is 10.3. The van der Waals surface area contributed by atoms with Crippen LogP contribution in [-0.2, 0) is 15.7 Å². The number of carbonyl (C=O) groups is 1. The Morgan fingerprint density at radius 3 is 2.45 bits per heavy atom. The lowest BCUT2D eigenvalue weighted by atomic mass is 10.2. The van der Waals surface area contributed by atoms with Gasteiger partial charge in [0, 0.05) is 19.7 Å². The van der Waals surface area contributed by atoms with E-state index in [2.05, 4.69) is 53.9 Å².